The summed E-state index contributed by atoms with van der Waals surface area (Å²) in [6, 6.07) is 5.33. The van der Waals surface area contributed by atoms with Crippen LogP contribution in [0.2, 0.25) is 0 Å². The Labute approximate surface area is 147 Å². The van der Waals surface area contributed by atoms with Gasteiger partial charge in [-0.15, -0.1) is 0 Å². The lowest BCUT2D eigenvalue weighted by Gasteiger charge is -2.22. The van der Waals surface area contributed by atoms with Crippen molar-refractivity contribution >= 4 is 27.7 Å². The van der Waals surface area contributed by atoms with Crippen molar-refractivity contribution in [2.75, 3.05) is 20.6 Å². The lowest BCUT2D eigenvalue weighted by Crippen LogP contribution is -2.42. The molecule has 0 N–H and O–H groups in total. The Balaban J connectivity index is 1.85. The highest BCUT2D eigenvalue weighted by Crippen LogP contribution is 2.22. The monoisotopic (exact) mass is 394 g/mol. The molecule has 8 heteroatoms. The second kappa shape index (κ2) is 6.35. The molecule has 1 aromatic carbocycles. The smallest absolute Gasteiger partial charge is 0.275 e. The van der Waals surface area contributed by atoms with Gasteiger partial charge >= 0.3 is 0 Å². The van der Waals surface area contributed by atoms with Gasteiger partial charge in [-0.25, -0.2) is 9.07 Å². The third-order valence-corrected chi connectivity index (χ3v) is 4.73. The zero-order valence-corrected chi connectivity index (χ0v) is 14.8. The van der Waals surface area contributed by atoms with E-state index in [1.54, 1.807) is 37.3 Å². The van der Waals surface area contributed by atoms with E-state index in [4.69, 9.17) is 0 Å². The van der Waals surface area contributed by atoms with Crippen LogP contribution in [-0.4, -0.2) is 58.1 Å². The number of amides is 2. The van der Waals surface area contributed by atoms with Crippen LogP contribution in [0.25, 0.3) is 5.69 Å². The molecule has 1 saturated heterocycles. The predicted molar refractivity (Wildman–Crippen MR) is 89.4 cm³/mol. The van der Waals surface area contributed by atoms with Crippen LogP contribution in [0.4, 0.5) is 4.39 Å². The molecular formula is C16H16BrFN4O2. The van der Waals surface area contributed by atoms with Crippen LogP contribution >= 0.6 is 15.9 Å². The summed E-state index contributed by atoms with van der Waals surface area (Å²) < 4.78 is 15.0. The lowest BCUT2D eigenvalue weighted by molar-refractivity contribution is -0.130. The molecule has 0 bridgehead atoms. The second-order valence-electron chi connectivity index (χ2n) is 5.73. The molecule has 1 aliphatic rings. The molecule has 1 aromatic heterocycles. The Hall–Kier alpha value is -2.22. The van der Waals surface area contributed by atoms with E-state index in [1.165, 1.54) is 21.7 Å². The number of benzene rings is 1. The highest BCUT2D eigenvalue weighted by atomic mass is 79.9. The van der Waals surface area contributed by atoms with Crippen LogP contribution in [0, 0.1) is 5.82 Å². The van der Waals surface area contributed by atoms with E-state index in [-0.39, 0.29) is 23.3 Å². The summed E-state index contributed by atoms with van der Waals surface area (Å²) in [4.78, 5) is 27.8. The van der Waals surface area contributed by atoms with Crippen LogP contribution < -0.4 is 0 Å². The van der Waals surface area contributed by atoms with Gasteiger partial charge in [0.05, 0.1) is 10.2 Å². The molecule has 6 nitrogen and oxygen atoms in total. The minimum absolute atomic E-state index is 0.0695. The normalized spacial score (nSPS) is 17.4. The number of carbonyl (C=O) groups is 2. The van der Waals surface area contributed by atoms with Gasteiger partial charge in [0.15, 0.2) is 5.69 Å². The minimum Gasteiger partial charge on any atom is -0.344 e. The first kappa shape index (κ1) is 16.6. The summed E-state index contributed by atoms with van der Waals surface area (Å²) in [5.74, 6) is -0.749. The summed E-state index contributed by atoms with van der Waals surface area (Å²) >= 11 is 3.33. The quantitative estimate of drug-likeness (QED) is 0.800. The number of rotatable bonds is 3. The lowest BCUT2D eigenvalue weighted by atomic mass is 10.2. The zero-order chi connectivity index (χ0) is 17.4. The number of halogens is 2. The molecule has 3 rings (SSSR count). The van der Waals surface area contributed by atoms with E-state index in [1.807, 2.05) is 0 Å². The van der Waals surface area contributed by atoms with Crippen molar-refractivity contribution < 1.29 is 14.0 Å². The van der Waals surface area contributed by atoms with Gasteiger partial charge in [0.25, 0.3) is 5.91 Å². The number of likely N-dealkylation sites (N-methyl/N-ethyl adjacent to an activating group) is 2. The summed E-state index contributed by atoms with van der Waals surface area (Å²) in [5, 5.41) is 4.28. The molecule has 0 radical (unpaired) electrons. The van der Waals surface area contributed by atoms with Crippen molar-refractivity contribution in [3.63, 3.8) is 0 Å². The topological polar surface area (TPSA) is 58.4 Å². The maximum absolute atomic E-state index is 13.0. The number of carbonyl (C=O) groups excluding carboxylic acids is 2. The Kier molecular flexibility index (Phi) is 4.40. The minimum atomic E-state index is -0.467. The predicted octanol–water partition coefficient (Wildman–Crippen LogP) is 2.08. The van der Waals surface area contributed by atoms with Gasteiger partial charge in [0, 0.05) is 26.8 Å². The molecule has 2 amide bonds. The third kappa shape index (κ3) is 2.93. The largest absolute Gasteiger partial charge is 0.344 e. The van der Waals surface area contributed by atoms with Crippen molar-refractivity contribution in [1.29, 1.82) is 0 Å². The zero-order valence-electron chi connectivity index (χ0n) is 13.2. The van der Waals surface area contributed by atoms with E-state index in [9.17, 15) is 14.0 Å². The summed E-state index contributed by atoms with van der Waals surface area (Å²) in [7, 11) is 3.33. The first-order valence-corrected chi connectivity index (χ1v) is 8.21. The maximum Gasteiger partial charge on any atom is 0.275 e. The fraction of sp³-hybridized carbons (Fsp3) is 0.312. The number of aromatic nitrogens is 2. The highest BCUT2D eigenvalue weighted by molar-refractivity contribution is 9.10. The molecule has 1 fully saturated rings. The average Bonchev–Trinajstić information content (AvgIpc) is 3.10. The van der Waals surface area contributed by atoms with Gasteiger partial charge in [-0.3, -0.25) is 9.59 Å². The van der Waals surface area contributed by atoms with Crippen molar-refractivity contribution in [1.82, 2.24) is 19.6 Å². The molecular weight excluding hydrogens is 379 g/mol. The van der Waals surface area contributed by atoms with Gasteiger partial charge in [-0.2, -0.15) is 5.10 Å². The molecule has 0 spiro atoms. The molecule has 2 aromatic rings. The Morgan fingerprint density at radius 1 is 1.38 bits per heavy atom. The summed E-state index contributed by atoms with van der Waals surface area (Å²) in [6.07, 6.45) is 2.24. The average molecular weight is 395 g/mol. The third-order valence-electron chi connectivity index (χ3n) is 4.15. The summed E-state index contributed by atoms with van der Waals surface area (Å²) in [6.45, 7) is 0.631. The number of hydrogen-bond acceptors (Lipinski definition) is 3. The Morgan fingerprint density at radius 3 is 2.62 bits per heavy atom. The molecule has 2 heterocycles. The van der Waals surface area contributed by atoms with E-state index in [2.05, 4.69) is 21.0 Å². The Bertz CT molecular complexity index is 790. The number of likely N-dealkylation sites (tertiary alicyclic amines) is 1. The van der Waals surface area contributed by atoms with Gasteiger partial charge < -0.3 is 9.80 Å². The summed E-state index contributed by atoms with van der Waals surface area (Å²) in [5.41, 5.74) is 0.847. The van der Waals surface area contributed by atoms with Crippen LogP contribution in [-0.2, 0) is 4.79 Å². The first-order chi connectivity index (χ1) is 11.4. The molecule has 1 atom stereocenters. The van der Waals surface area contributed by atoms with E-state index in [0.29, 0.717) is 23.1 Å². The maximum atomic E-state index is 13.0. The van der Waals surface area contributed by atoms with Crippen LogP contribution in [0.1, 0.15) is 16.9 Å². The van der Waals surface area contributed by atoms with Crippen molar-refractivity contribution in [2.45, 2.75) is 12.5 Å². The van der Waals surface area contributed by atoms with Crippen LogP contribution in [0.5, 0.6) is 0 Å². The number of hydrogen-bond donors (Lipinski definition) is 0. The molecule has 1 aliphatic heterocycles. The van der Waals surface area contributed by atoms with E-state index >= 15 is 0 Å². The number of nitrogens with zero attached hydrogens (tertiary/aromatic N) is 4. The fourth-order valence-electron chi connectivity index (χ4n) is 2.70. The standard InChI is InChI=1S/C16H16BrFN4O2/c1-20-8-7-13(15(20)23)21(2)16(24)14-12(17)9-22(19-14)11-5-3-10(18)4-6-11/h3-6,9,13H,7-8H2,1-2H3. The molecule has 126 valence electrons. The second-order valence-corrected chi connectivity index (χ2v) is 6.58. The van der Waals surface area contributed by atoms with Crippen molar-refractivity contribution in [3.8, 4) is 5.69 Å². The van der Waals surface area contributed by atoms with Gasteiger partial charge in [0.2, 0.25) is 5.91 Å². The van der Waals surface area contributed by atoms with Crippen LogP contribution in [0.3, 0.4) is 0 Å². The van der Waals surface area contributed by atoms with Gasteiger partial charge in [-0.1, -0.05) is 0 Å². The van der Waals surface area contributed by atoms with E-state index in [0.717, 1.165) is 0 Å². The van der Waals surface area contributed by atoms with E-state index < -0.39 is 6.04 Å². The Morgan fingerprint density at radius 2 is 2.04 bits per heavy atom. The SMILES string of the molecule is CN1CCC(N(C)C(=O)c2nn(-c3ccc(F)cc3)cc2Br)C1=O. The van der Waals surface area contributed by atoms with Gasteiger partial charge in [-0.05, 0) is 46.6 Å². The van der Waals surface area contributed by atoms with Crippen molar-refractivity contribution in [2.24, 2.45) is 0 Å². The van der Waals surface area contributed by atoms with Crippen LogP contribution in [0.15, 0.2) is 34.9 Å². The highest BCUT2D eigenvalue weighted by Gasteiger charge is 2.36. The van der Waals surface area contributed by atoms with Gasteiger partial charge in [0.1, 0.15) is 11.9 Å². The molecule has 1 unspecified atom stereocenters. The molecule has 0 aliphatic carbocycles. The first-order valence-electron chi connectivity index (χ1n) is 7.41. The molecule has 24 heavy (non-hydrogen) atoms. The molecule has 0 saturated carbocycles. The fourth-order valence-corrected chi connectivity index (χ4v) is 3.14. The van der Waals surface area contributed by atoms with Crippen molar-refractivity contribution in [3.05, 3.63) is 46.4 Å².